The van der Waals surface area contributed by atoms with Crippen molar-refractivity contribution in [2.45, 2.75) is 58.2 Å². The second-order valence-corrected chi connectivity index (χ2v) is 7.23. The van der Waals surface area contributed by atoms with Crippen LogP contribution in [0.25, 0.3) is 0 Å². The van der Waals surface area contributed by atoms with Gasteiger partial charge in [-0.05, 0) is 37.3 Å². The first kappa shape index (κ1) is 15.3. The van der Waals surface area contributed by atoms with Crippen molar-refractivity contribution in [3.8, 4) is 0 Å². The van der Waals surface area contributed by atoms with Gasteiger partial charge in [-0.2, -0.15) is 0 Å². The average Bonchev–Trinajstić information content (AvgIpc) is 2.38. The van der Waals surface area contributed by atoms with Crippen molar-refractivity contribution in [1.29, 1.82) is 0 Å². The highest BCUT2D eigenvalue weighted by molar-refractivity contribution is 5.94. The van der Waals surface area contributed by atoms with Gasteiger partial charge in [0.1, 0.15) is 5.56 Å². The average molecular weight is 303 g/mol. The fourth-order valence-electron chi connectivity index (χ4n) is 3.81. The first-order chi connectivity index (χ1) is 10.4. The van der Waals surface area contributed by atoms with E-state index in [4.69, 9.17) is 5.73 Å². The molecule has 120 valence electrons. The largest absolute Gasteiger partial charge is 0.348 e. The third-order valence-electron chi connectivity index (χ3n) is 5.34. The summed E-state index contributed by atoms with van der Waals surface area (Å²) < 4.78 is 1.62. The molecule has 2 fully saturated rings. The van der Waals surface area contributed by atoms with Gasteiger partial charge in [-0.15, -0.1) is 0 Å². The Morgan fingerprint density at radius 3 is 2.77 bits per heavy atom. The summed E-state index contributed by atoms with van der Waals surface area (Å²) in [5, 5.41) is 3.04. The molecule has 0 aromatic carbocycles. The predicted molar refractivity (Wildman–Crippen MR) is 85.7 cm³/mol. The zero-order valence-corrected chi connectivity index (χ0v) is 13.3. The molecule has 1 amide bonds. The summed E-state index contributed by atoms with van der Waals surface area (Å²) in [5.41, 5.74) is 6.24. The van der Waals surface area contributed by atoms with E-state index in [1.165, 1.54) is 6.42 Å². The number of rotatable bonds is 4. The Kier molecular flexibility index (Phi) is 3.85. The highest BCUT2D eigenvalue weighted by Gasteiger charge is 2.57. The number of nitrogens with one attached hydrogen (secondary N) is 1. The van der Waals surface area contributed by atoms with Crippen molar-refractivity contribution in [1.82, 2.24) is 9.88 Å². The van der Waals surface area contributed by atoms with Crippen molar-refractivity contribution in [2.75, 3.05) is 0 Å². The van der Waals surface area contributed by atoms with E-state index in [0.717, 1.165) is 19.3 Å². The lowest BCUT2D eigenvalue weighted by Crippen LogP contribution is -2.70. The van der Waals surface area contributed by atoms with Crippen molar-refractivity contribution >= 4 is 5.91 Å². The fourth-order valence-corrected chi connectivity index (χ4v) is 3.81. The normalized spacial score (nSPS) is 25.6. The molecule has 0 radical (unpaired) electrons. The van der Waals surface area contributed by atoms with Crippen LogP contribution in [0.15, 0.2) is 23.1 Å². The third kappa shape index (κ3) is 2.37. The smallest absolute Gasteiger partial charge is 0.263 e. The summed E-state index contributed by atoms with van der Waals surface area (Å²) in [7, 11) is 0. The number of aromatic nitrogens is 1. The maximum absolute atomic E-state index is 12.5. The monoisotopic (exact) mass is 303 g/mol. The minimum absolute atomic E-state index is 0.0986. The topological polar surface area (TPSA) is 77.1 Å². The van der Waals surface area contributed by atoms with Gasteiger partial charge in [0, 0.05) is 30.2 Å². The van der Waals surface area contributed by atoms with Crippen molar-refractivity contribution in [2.24, 2.45) is 17.1 Å². The van der Waals surface area contributed by atoms with Crippen molar-refractivity contribution in [3.05, 3.63) is 34.2 Å². The molecule has 0 bridgehead atoms. The molecular formula is C17H25N3O2. The number of pyridine rings is 1. The Balaban J connectivity index is 1.74. The van der Waals surface area contributed by atoms with Crippen LogP contribution in [0, 0.1) is 11.3 Å². The summed E-state index contributed by atoms with van der Waals surface area (Å²) in [5.74, 6) is 0.102. The van der Waals surface area contributed by atoms with E-state index in [0.29, 0.717) is 12.5 Å². The van der Waals surface area contributed by atoms with Gasteiger partial charge in [0.2, 0.25) is 0 Å². The van der Waals surface area contributed by atoms with E-state index >= 15 is 0 Å². The van der Waals surface area contributed by atoms with Crippen molar-refractivity contribution < 1.29 is 4.79 Å². The van der Waals surface area contributed by atoms with E-state index in [1.807, 2.05) is 0 Å². The lowest BCUT2D eigenvalue weighted by Gasteiger charge is -2.60. The van der Waals surface area contributed by atoms with Gasteiger partial charge < -0.3 is 15.6 Å². The Hall–Kier alpha value is -1.62. The van der Waals surface area contributed by atoms with Gasteiger partial charge in [-0.3, -0.25) is 9.59 Å². The molecule has 3 rings (SSSR count). The first-order valence-corrected chi connectivity index (χ1v) is 8.20. The van der Waals surface area contributed by atoms with Crippen LogP contribution < -0.4 is 16.6 Å². The fraction of sp³-hybridized carbons (Fsp3) is 0.647. The standard InChI is InChI=1S/C17H25N3O2/c1-11(2)10-20-8-3-5-12(16(20)22)15(21)19-14-9-13(18)17(14)6-4-7-17/h3,5,8,11,13-14H,4,6-7,9-10,18H2,1-2H3,(H,19,21). The zero-order chi connectivity index (χ0) is 15.9. The van der Waals surface area contributed by atoms with E-state index in [1.54, 1.807) is 22.9 Å². The lowest BCUT2D eigenvalue weighted by atomic mass is 9.50. The molecule has 1 aromatic rings. The summed E-state index contributed by atoms with van der Waals surface area (Å²) in [6, 6.07) is 3.70. The van der Waals surface area contributed by atoms with Crippen LogP contribution in [0.5, 0.6) is 0 Å². The summed E-state index contributed by atoms with van der Waals surface area (Å²) >= 11 is 0. The molecule has 2 atom stereocenters. The van der Waals surface area contributed by atoms with Gasteiger partial charge >= 0.3 is 0 Å². The van der Waals surface area contributed by atoms with Crippen LogP contribution in [0.2, 0.25) is 0 Å². The van der Waals surface area contributed by atoms with E-state index in [2.05, 4.69) is 19.2 Å². The Bertz CT molecular complexity index is 631. The Morgan fingerprint density at radius 1 is 1.50 bits per heavy atom. The number of carbonyl (C=O) groups is 1. The van der Waals surface area contributed by atoms with Crippen LogP contribution in [-0.2, 0) is 6.54 Å². The number of hydrogen-bond acceptors (Lipinski definition) is 3. The molecule has 3 N–H and O–H groups in total. The minimum atomic E-state index is -0.258. The molecule has 5 heteroatoms. The Morgan fingerprint density at radius 2 is 2.23 bits per heavy atom. The van der Waals surface area contributed by atoms with E-state index < -0.39 is 0 Å². The highest BCUT2D eigenvalue weighted by Crippen LogP contribution is 2.55. The first-order valence-electron chi connectivity index (χ1n) is 8.20. The van der Waals surface area contributed by atoms with Crippen LogP contribution in [0.3, 0.4) is 0 Å². The Labute approximate surface area is 130 Å². The van der Waals surface area contributed by atoms with E-state index in [-0.39, 0.29) is 34.5 Å². The molecule has 1 aromatic heterocycles. The lowest BCUT2D eigenvalue weighted by molar-refractivity contribution is -0.0390. The van der Waals surface area contributed by atoms with Crippen LogP contribution in [0.1, 0.15) is 49.9 Å². The van der Waals surface area contributed by atoms with Crippen LogP contribution in [0.4, 0.5) is 0 Å². The number of carbonyl (C=O) groups excluding carboxylic acids is 1. The molecule has 0 saturated heterocycles. The van der Waals surface area contributed by atoms with Crippen LogP contribution in [-0.4, -0.2) is 22.6 Å². The number of amides is 1. The van der Waals surface area contributed by atoms with Gasteiger partial charge in [0.15, 0.2) is 0 Å². The quantitative estimate of drug-likeness (QED) is 0.885. The second-order valence-electron chi connectivity index (χ2n) is 7.23. The number of hydrogen-bond donors (Lipinski definition) is 2. The molecule has 22 heavy (non-hydrogen) atoms. The van der Waals surface area contributed by atoms with Gasteiger partial charge in [0.05, 0.1) is 0 Å². The molecule has 0 aliphatic heterocycles. The molecule has 1 spiro atoms. The summed E-state index contributed by atoms with van der Waals surface area (Å²) in [4.78, 5) is 24.9. The predicted octanol–water partition coefficient (Wildman–Crippen LogP) is 1.50. The molecule has 2 aliphatic carbocycles. The molecule has 2 unspecified atom stereocenters. The summed E-state index contributed by atoms with van der Waals surface area (Å²) in [6.45, 7) is 4.72. The van der Waals surface area contributed by atoms with Gasteiger partial charge in [-0.25, -0.2) is 0 Å². The zero-order valence-electron chi connectivity index (χ0n) is 13.3. The minimum Gasteiger partial charge on any atom is -0.348 e. The highest BCUT2D eigenvalue weighted by atomic mass is 16.2. The number of nitrogens with zero attached hydrogens (tertiary/aromatic N) is 1. The van der Waals surface area contributed by atoms with Crippen molar-refractivity contribution in [3.63, 3.8) is 0 Å². The third-order valence-corrected chi connectivity index (χ3v) is 5.34. The second kappa shape index (κ2) is 5.54. The van der Waals surface area contributed by atoms with E-state index in [9.17, 15) is 9.59 Å². The van der Waals surface area contributed by atoms with Crippen LogP contribution >= 0.6 is 0 Å². The van der Waals surface area contributed by atoms with Gasteiger partial charge in [-0.1, -0.05) is 20.3 Å². The molecule has 2 aliphatic rings. The van der Waals surface area contributed by atoms with Gasteiger partial charge in [0.25, 0.3) is 11.5 Å². The number of nitrogens with two attached hydrogens (primary N) is 1. The summed E-state index contributed by atoms with van der Waals surface area (Å²) in [6.07, 6.45) is 5.92. The SMILES string of the molecule is CC(C)Cn1cccc(C(=O)NC2CC(N)C23CCC3)c1=O. The molecule has 5 nitrogen and oxygen atoms in total. The maximum Gasteiger partial charge on any atom is 0.263 e. The molecular weight excluding hydrogens is 278 g/mol. The molecule has 1 heterocycles. The molecule has 2 saturated carbocycles. The maximum atomic E-state index is 12.5.